The number of methoxy groups -OCH3 is 1. The summed E-state index contributed by atoms with van der Waals surface area (Å²) < 4.78 is 10.8. The van der Waals surface area contributed by atoms with Gasteiger partial charge in [-0.15, -0.1) is 0 Å². The third kappa shape index (κ3) is 6.41. The van der Waals surface area contributed by atoms with E-state index in [0.29, 0.717) is 26.3 Å². The summed E-state index contributed by atoms with van der Waals surface area (Å²) in [7, 11) is 1.67. The molecule has 0 heterocycles. The molecule has 5 heteroatoms. The van der Waals surface area contributed by atoms with Crippen LogP contribution in [0.25, 0.3) is 0 Å². The smallest absolute Gasteiger partial charge is 0.191 e. The van der Waals surface area contributed by atoms with Gasteiger partial charge in [0.25, 0.3) is 0 Å². The maximum atomic E-state index is 5.56. The highest BCUT2D eigenvalue weighted by Gasteiger charge is 2.04. The molecule has 0 fully saturated rings. The Kier molecular flexibility index (Phi) is 8.49. The lowest BCUT2D eigenvalue weighted by Gasteiger charge is -2.14. The van der Waals surface area contributed by atoms with Gasteiger partial charge < -0.3 is 20.1 Å². The molecule has 2 aromatic carbocycles. The molecular weight excluding hydrogens is 326 g/mol. The van der Waals surface area contributed by atoms with Crippen molar-refractivity contribution in [2.24, 2.45) is 4.99 Å². The molecule has 2 N–H and O–H groups in total. The molecule has 0 aliphatic carbocycles. The second-order valence-corrected chi connectivity index (χ2v) is 5.81. The number of guanidine groups is 1. The molecular formula is C21H29N3O2. The maximum Gasteiger partial charge on any atom is 0.191 e. The fourth-order valence-electron chi connectivity index (χ4n) is 2.54. The Morgan fingerprint density at radius 2 is 1.81 bits per heavy atom. The summed E-state index contributed by atoms with van der Waals surface area (Å²) >= 11 is 0. The van der Waals surface area contributed by atoms with Crippen molar-refractivity contribution in [3.8, 4) is 5.75 Å². The van der Waals surface area contributed by atoms with Crippen molar-refractivity contribution < 1.29 is 9.47 Å². The van der Waals surface area contributed by atoms with Crippen LogP contribution in [0, 0.1) is 0 Å². The monoisotopic (exact) mass is 355 g/mol. The highest BCUT2D eigenvalue weighted by molar-refractivity contribution is 5.79. The quantitative estimate of drug-likeness (QED) is 0.534. The number of hydrogen-bond donors (Lipinski definition) is 2. The highest BCUT2D eigenvalue weighted by Crippen LogP contribution is 2.13. The number of rotatable bonds is 9. The summed E-state index contributed by atoms with van der Waals surface area (Å²) in [4.78, 5) is 4.67. The second-order valence-electron chi connectivity index (χ2n) is 5.81. The predicted molar refractivity (Wildman–Crippen MR) is 106 cm³/mol. The molecule has 2 aromatic rings. The first kappa shape index (κ1) is 19.8. The third-order valence-corrected chi connectivity index (χ3v) is 3.92. The Hall–Kier alpha value is -2.53. The molecule has 26 heavy (non-hydrogen) atoms. The van der Waals surface area contributed by atoms with E-state index < -0.39 is 0 Å². The first-order valence-corrected chi connectivity index (χ1v) is 9.06. The van der Waals surface area contributed by atoms with Crippen molar-refractivity contribution in [2.75, 3.05) is 20.3 Å². The van der Waals surface area contributed by atoms with E-state index in [4.69, 9.17) is 9.47 Å². The summed E-state index contributed by atoms with van der Waals surface area (Å²) in [6.07, 6.45) is 0. The Morgan fingerprint density at radius 3 is 2.54 bits per heavy atom. The molecule has 0 atom stereocenters. The van der Waals surface area contributed by atoms with E-state index in [1.807, 2.05) is 43.3 Å². The lowest BCUT2D eigenvalue weighted by molar-refractivity contribution is 0.133. The number of hydrogen-bond acceptors (Lipinski definition) is 3. The summed E-state index contributed by atoms with van der Waals surface area (Å²) in [5, 5.41) is 6.70. The molecule has 0 aliphatic rings. The lowest BCUT2D eigenvalue weighted by atomic mass is 10.1. The van der Waals surface area contributed by atoms with Gasteiger partial charge in [0.05, 0.1) is 20.3 Å². The minimum atomic E-state index is 0.590. The van der Waals surface area contributed by atoms with Crippen LogP contribution in [0.5, 0.6) is 5.75 Å². The molecule has 0 amide bonds. The zero-order chi connectivity index (χ0) is 18.6. The summed E-state index contributed by atoms with van der Waals surface area (Å²) in [5.74, 6) is 1.64. The van der Waals surface area contributed by atoms with Crippen LogP contribution < -0.4 is 15.4 Å². The fourth-order valence-corrected chi connectivity index (χ4v) is 2.54. The minimum Gasteiger partial charge on any atom is -0.497 e. The molecule has 0 saturated heterocycles. The van der Waals surface area contributed by atoms with Gasteiger partial charge in [0.15, 0.2) is 5.96 Å². The number of ether oxygens (including phenoxy) is 2. The average Bonchev–Trinajstić information content (AvgIpc) is 2.69. The summed E-state index contributed by atoms with van der Waals surface area (Å²) in [6.45, 7) is 7.52. The third-order valence-electron chi connectivity index (χ3n) is 3.92. The van der Waals surface area contributed by atoms with E-state index in [0.717, 1.165) is 23.8 Å². The molecule has 140 valence electrons. The number of nitrogens with one attached hydrogen (secondary N) is 2. The van der Waals surface area contributed by atoms with Crippen molar-refractivity contribution in [2.45, 2.75) is 33.5 Å². The average molecular weight is 355 g/mol. The van der Waals surface area contributed by atoms with Crippen LogP contribution >= 0.6 is 0 Å². The van der Waals surface area contributed by atoms with Gasteiger partial charge in [-0.25, -0.2) is 4.99 Å². The molecule has 0 aromatic heterocycles. The van der Waals surface area contributed by atoms with Gasteiger partial charge >= 0.3 is 0 Å². The molecule has 0 unspecified atom stereocenters. The summed E-state index contributed by atoms with van der Waals surface area (Å²) in [5.41, 5.74) is 3.52. The SMILES string of the molecule is CCNC(=NCc1cccc(OC)c1)NCc1ccccc1COCC. The molecule has 0 spiro atoms. The van der Waals surface area contributed by atoms with Crippen LogP contribution in [0.3, 0.4) is 0 Å². The van der Waals surface area contributed by atoms with Crippen molar-refractivity contribution in [3.63, 3.8) is 0 Å². The van der Waals surface area contributed by atoms with Crippen molar-refractivity contribution in [1.82, 2.24) is 10.6 Å². The van der Waals surface area contributed by atoms with E-state index >= 15 is 0 Å². The van der Waals surface area contributed by atoms with Crippen LogP contribution in [0.1, 0.15) is 30.5 Å². The summed E-state index contributed by atoms with van der Waals surface area (Å²) in [6, 6.07) is 16.3. The van der Waals surface area contributed by atoms with Gasteiger partial charge in [0.1, 0.15) is 5.75 Å². The first-order chi connectivity index (χ1) is 12.8. The van der Waals surface area contributed by atoms with Crippen molar-refractivity contribution >= 4 is 5.96 Å². The van der Waals surface area contributed by atoms with Crippen LogP contribution in [0.15, 0.2) is 53.5 Å². The fraction of sp³-hybridized carbons (Fsp3) is 0.381. The van der Waals surface area contributed by atoms with E-state index in [-0.39, 0.29) is 0 Å². The maximum absolute atomic E-state index is 5.56. The molecule has 5 nitrogen and oxygen atoms in total. The van der Waals surface area contributed by atoms with Crippen LogP contribution in [0.2, 0.25) is 0 Å². The largest absolute Gasteiger partial charge is 0.497 e. The van der Waals surface area contributed by atoms with Crippen LogP contribution in [-0.4, -0.2) is 26.2 Å². The standard InChI is InChI=1S/C21H29N3O2/c1-4-22-21(23-14-17-9-8-12-20(13-17)25-3)24-15-18-10-6-7-11-19(18)16-26-5-2/h6-13H,4-5,14-16H2,1-3H3,(H2,22,23,24). The van der Waals surface area contributed by atoms with Gasteiger partial charge in [-0.1, -0.05) is 36.4 Å². The van der Waals surface area contributed by atoms with E-state index in [2.05, 4.69) is 34.7 Å². The molecule has 0 aliphatic heterocycles. The molecule has 2 rings (SSSR count). The van der Waals surface area contributed by atoms with E-state index in [1.165, 1.54) is 11.1 Å². The Balaban J connectivity index is 2.01. The highest BCUT2D eigenvalue weighted by atomic mass is 16.5. The van der Waals surface area contributed by atoms with E-state index in [9.17, 15) is 0 Å². The Bertz CT molecular complexity index is 701. The van der Waals surface area contributed by atoms with Gasteiger partial charge in [0.2, 0.25) is 0 Å². The topological polar surface area (TPSA) is 54.9 Å². The van der Waals surface area contributed by atoms with E-state index in [1.54, 1.807) is 7.11 Å². The number of nitrogens with zero attached hydrogens (tertiary/aromatic N) is 1. The zero-order valence-corrected chi connectivity index (χ0v) is 15.9. The Labute approximate surface area is 156 Å². The number of aliphatic imine (C=N–C) groups is 1. The normalized spacial score (nSPS) is 11.3. The molecule has 0 saturated carbocycles. The minimum absolute atomic E-state index is 0.590. The van der Waals surface area contributed by atoms with Gasteiger partial charge in [-0.05, 0) is 42.7 Å². The van der Waals surface area contributed by atoms with Crippen molar-refractivity contribution in [1.29, 1.82) is 0 Å². The first-order valence-electron chi connectivity index (χ1n) is 9.06. The second kappa shape index (κ2) is 11.2. The predicted octanol–water partition coefficient (Wildman–Crippen LogP) is 3.49. The lowest BCUT2D eigenvalue weighted by Crippen LogP contribution is -2.37. The number of benzene rings is 2. The van der Waals surface area contributed by atoms with Gasteiger partial charge in [-0.2, -0.15) is 0 Å². The van der Waals surface area contributed by atoms with Crippen LogP contribution in [-0.2, 0) is 24.4 Å². The molecule has 0 bridgehead atoms. The van der Waals surface area contributed by atoms with Gasteiger partial charge in [0, 0.05) is 19.7 Å². The van der Waals surface area contributed by atoms with Gasteiger partial charge in [-0.3, -0.25) is 0 Å². The van der Waals surface area contributed by atoms with Crippen LogP contribution in [0.4, 0.5) is 0 Å². The zero-order valence-electron chi connectivity index (χ0n) is 15.9. The van der Waals surface area contributed by atoms with Crippen molar-refractivity contribution in [3.05, 3.63) is 65.2 Å². The molecule has 0 radical (unpaired) electrons. The Morgan fingerprint density at radius 1 is 1.00 bits per heavy atom.